The molecular formula is C21H33N3O3S. The first kappa shape index (κ1) is 21.1. The molecule has 6 nitrogen and oxygen atoms in total. The second-order valence-electron chi connectivity index (χ2n) is 7.98. The van der Waals surface area contributed by atoms with E-state index in [0.29, 0.717) is 36.2 Å². The molecule has 0 bridgehead atoms. The van der Waals surface area contributed by atoms with Crippen molar-refractivity contribution < 1.29 is 14.3 Å². The maximum absolute atomic E-state index is 13.1. The van der Waals surface area contributed by atoms with Crippen LogP contribution in [0.1, 0.15) is 77.6 Å². The Morgan fingerprint density at radius 1 is 1.14 bits per heavy atom. The third-order valence-electron chi connectivity index (χ3n) is 6.12. The van der Waals surface area contributed by atoms with Crippen molar-refractivity contribution in [3.05, 3.63) is 11.6 Å². The lowest BCUT2D eigenvalue weighted by Crippen LogP contribution is -2.51. The molecule has 0 aliphatic heterocycles. The van der Waals surface area contributed by atoms with Gasteiger partial charge < -0.3 is 9.64 Å². The highest BCUT2D eigenvalue weighted by Gasteiger charge is 2.34. The van der Waals surface area contributed by atoms with Gasteiger partial charge in [0.2, 0.25) is 0 Å². The molecule has 3 rings (SSSR count). The molecule has 0 unspecified atom stereocenters. The van der Waals surface area contributed by atoms with Crippen molar-refractivity contribution in [3.8, 4) is 0 Å². The molecule has 156 valence electrons. The van der Waals surface area contributed by atoms with Crippen molar-refractivity contribution in [2.75, 3.05) is 11.9 Å². The van der Waals surface area contributed by atoms with Gasteiger partial charge in [-0.3, -0.25) is 10.1 Å². The number of esters is 1. The van der Waals surface area contributed by atoms with E-state index in [1.165, 1.54) is 30.6 Å². The molecule has 28 heavy (non-hydrogen) atoms. The largest absolute Gasteiger partial charge is 0.466 e. The van der Waals surface area contributed by atoms with E-state index >= 15 is 0 Å². The number of carbonyl (C=O) groups excluding carboxylic acids is 2. The van der Waals surface area contributed by atoms with Crippen molar-refractivity contribution in [3.63, 3.8) is 0 Å². The van der Waals surface area contributed by atoms with E-state index in [-0.39, 0.29) is 12.0 Å². The van der Waals surface area contributed by atoms with Crippen LogP contribution in [0.25, 0.3) is 0 Å². The highest BCUT2D eigenvalue weighted by molar-refractivity contribution is 7.13. The minimum absolute atomic E-state index is 0.0109. The molecule has 2 amide bonds. The van der Waals surface area contributed by atoms with Crippen molar-refractivity contribution in [1.82, 2.24) is 9.88 Å². The van der Waals surface area contributed by atoms with Gasteiger partial charge in [0.1, 0.15) is 0 Å². The van der Waals surface area contributed by atoms with Crippen LogP contribution in [0, 0.1) is 5.92 Å². The molecule has 0 radical (unpaired) electrons. The van der Waals surface area contributed by atoms with Crippen LogP contribution in [0.2, 0.25) is 0 Å². The number of carbonyl (C=O) groups is 2. The summed E-state index contributed by atoms with van der Waals surface area (Å²) in [5.74, 6) is 0.479. The Labute approximate surface area is 172 Å². The number of urea groups is 1. The van der Waals surface area contributed by atoms with Crippen LogP contribution >= 0.6 is 11.3 Å². The quantitative estimate of drug-likeness (QED) is 0.630. The normalized spacial score (nSPS) is 23.2. The smallest absolute Gasteiger partial charge is 0.324 e. The Morgan fingerprint density at radius 2 is 1.86 bits per heavy atom. The lowest BCUT2D eigenvalue weighted by Gasteiger charge is -2.42. The molecule has 2 aliphatic rings. The van der Waals surface area contributed by atoms with Crippen molar-refractivity contribution in [2.45, 2.75) is 89.6 Å². The summed E-state index contributed by atoms with van der Waals surface area (Å²) in [6.45, 7) is 2.30. The average Bonchev–Trinajstić information content (AvgIpc) is 3.22. The Hall–Kier alpha value is -1.63. The SMILES string of the molecule is CCOC(=O)CCC1CCC(N(C(=O)Nc2nccs2)C2CCCCC2)CC1. The molecule has 1 N–H and O–H groups in total. The number of rotatable bonds is 7. The Morgan fingerprint density at radius 3 is 2.50 bits per heavy atom. The van der Waals surface area contributed by atoms with E-state index < -0.39 is 0 Å². The first-order valence-corrected chi connectivity index (χ1v) is 11.7. The second kappa shape index (κ2) is 10.8. The number of ether oxygens (including phenoxy) is 1. The van der Waals surface area contributed by atoms with Gasteiger partial charge in [-0.05, 0) is 57.8 Å². The summed E-state index contributed by atoms with van der Waals surface area (Å²) in [5, 5.41) is 5.57. The highest BCUT2D eigenvalue weighted by Crippen LogP contribution is 2.34. The Kier molecular flexibility index (Phi) is 8.13. The molecule has 0 saturated heterocycles. The van der Waals surface area contributed by atoms with Gasteiger partial charge in [0, 0.05) is 30.1 Å². The standard InChI is InChI=1S/C21H33N3O3S/c1-2-27-19(25)13-10-16-8-11-18(12-9-16)24(17-6-4-3-5-7-17)21(26)23-20-22-14-15-28-20/h14-18H,2-13H2,1H3,(H,22,23,26). The topological polar surface area (TPSA) is 71.5 Å². The highest BCUT2D eigenvalue weighted by atomic mass is 32.1. The van der Waals surface area contributed by atoms with E-state index in [4.69, 9.17) is 4.74 Å². The van der Waals surface area contributed by atoms with E-state index in [2.05, 4.69) is 15.2 Å². The number of hydrogen-bond acceptors (Lipinski definition) is 5. The molecule has 1 aromatic rings. The molecule has 0 aromatic carbocycles. The zero-order valence-corrected chi connectivity index (χ0v) is 17.7. The maximum atomic E-state index is 13.1. The summed E-state index contributed by atoms with van der Waals surface area (Å²) in [7, 11) is 0. The summed E-state index contributed by atoms with van der Waals surface area (Å²) in [4.78, 5) is 31.1. The van der Waals surface area contributed by atoms with E-state index in [9.17, 15) is 9.59 Å². The lowest BCUT2D eigenvalue weighted by atomic mass is 9.81. The summed E-state index contributed by atoms with van der Waals surface area (Å²) in [6, 6.07) is 0.647. The minimum atomic E-state index is -0.0868. The molecule has 7 heteroatoms. The molecule has 0 atom stereocenters. The van der Waals surface area contributed by atoms with E-state index in [1.807, 2.05) is 12.3 Å². The monoisotopic (exact) mass is 407 g/mol. The lowest BCUT2D eigenvalue weighted by molar-refractivity contribution is -0.143. The number of anilines is 1. The van der Waals surface area contributed by atoms with Crippen LogP contribution in [0.5, 0.6) is 0 Å². The minimum Gasteiger partial charge on any atom is -0.466 e. The van der Waals surface area contributed by atoms with E-state index in [0.717, 1.165) is 44.9 Å². The Bertz CT molecular complexity index is 608. The predicted molar refractivity (Wildman–Crippen MR) is 111 cm³/mol. The number of thiazole rings is 1. The Balaban J connectivity index is 1.56. The van der Waals surface area contributed by atoms with Crippen molar-refractivity contribution in [1.29, 1.82) is 0 Å². The van der Waals surface area contributed by atoms with Gasteiger partial charge in [0.25, 0.3) is 0 Å². The van der Waals surface area contributed by atoms with Gasteiger partial charge in [-0.1, -0.05) is 19.3 Å². The third-order valence-corrected chi connectivity index (χ3v) is 6.81. The van der Waals surface area contributed by atoms with Gasteiger partial charge in [-0.15, -0.1) is 11.3 Å². The van der Waals surface area contributed by atoms with Gasteiger partial charge >= 0.3 is 12.0 Å². The number of nitrogens with one attached hydrogen (secondary N) is 1. The summed E-state index contributed by atoms with van der Waals surface area (Å²) in [5.41, 5.74) is 0. The van der Waals surface area contributed by atoms with Crippen LogP contribution in [-0.4, -0.2) is 40.6 Å². The van der Waals surface area contributed by atoms with Crippen LogP contribution in [0.3, 0.4) is 0 Å². The fraction of sp³-hybridized carbons (Fsp3) is 0.762. The van der Waals surface area contributed by atoms with Crippen molar-refractivity contribution in [2.24, 2.45) is 5.92 Å². The second-order valence-corrected chi connectivity index (χ2v) is 8.88. The summed E-state index contributed by atoms with van der Waals surface area (Å²) in [6.07, 6.45) is 13.3. The zero-order chi connectivity index (χ0) is 19.8. The average molecular weight is 408 g/mol. The van der Waals surface area contributed by atoms with Gasteiger partial charge in [0.15, 0.2) is 5.13 Å². The zero-order valence-electron chi connectivity index (χ0n) is 16.9. The molecule has 0 spiro atoms. The fourth-order valence-electron chi connectivity index (χ4n) is 4.70. The van der Waals surface area contributed by atoms with Gasteiger partial charge in [-0.25, -0.2) is 9.78 Å². The number of amides is 2. The van der Waals surface area contributed by atoms with Crippen LogP contribution in [0.4, 0.5) is 9.93 Å². The van der Waals surface area contributed by atoms with Crippen LogP contribution < -0.4 is 5.32 Å². The third kappa shape index (κ3) is 5.93. The maximum Gasteiger partial charge on any atom is 0.324 e. The summed E-state index contributed by atoms with van der Waals surface area (Å²) >= 11 is 1.46. The van der Waals surface area contributed by atoms with Crippen molar-refractivity contribution >= 4 is 28.5 Å². The molecule has 2 saturated carbocycles. The fourth-order valence-corrected chi connectivity index (χ4v) is 5.22. The van der Waals surface area contributed by atoms with E-state index in [1.54, 1.807) is 6.20 Å². The van der Waals surface area contributed by atoms with Crippen LogP contribution in [-0.2, 0) is 9.53 Å². The van der Waals surface area contributed by atoms with Crippen LogP contribution in [0.15, 0.2) is 11.6 Å². The van der Waals surface area contributed by atoms with Gasteiger partial charge in [-0.2, -0.15) is 0 Å². The molecule has 1 heterocycles. The predicted octanol–water partition coefficient (Wildman–Crippen LogP) is 5.21. The first-order valence-electron chi connectivity index (χ1n) is 10.8. The molecule has 2 fully saturated rings. The molecule has 2 aliphatic carbocycles. The number of aromatic nitrogens is 1. The molecular weight excluding hydrogens is 374 g/mol. The summed E-state index contributed by atoms with van der Waals surface area (Å²) < 4.78 is 5.05. The number of hydrogen-bond donors (Lipinski definition) is 1. The first-order chi connectivity index (χ1) is 13.7. The molecule has 1 aromatic heterocycles. The van der Waals surface area contributed by atoms with Gasteiger partial charge in [0.05, 0.1) is 6.61 Å². The number of nitrogens with zero attached hydrogens (tertiary/aromatic N) is 2.